The summed E-state index contributed by atoms with van der Waals surface area (Å²) in [6.45, 7) is 9.36. The van der Waals surface area contributed by atoms with Crippen molar-refractivity contribution in [2.75, 3.05) is 19.6 Å². The molecule has 0 saturated carbocycles. The highest BCUT2D eigenvalue weighted by atomic mass is 32.1. The molecule has 0 spiro atoms. The van der Waals surface area contributed by atoms with Crippen LogP contribution in [0.5, 0.6) is 0 Å². The summed E-state index contributed by atoms with van der Waals surface area (Å²) < 4.78 is 0. The van der Waals surface area contributed by atoms with Crippen LogP contribution >= 0.6 is 11.3 Å². The fourth-order valence-electron chi connectivity index (χ4n) is 2.26. The van der Waals surface area contributed by atoms with Gasteiger partial charge in [0, 0.05) is 24.0 Å². The lowest BCUT2D eigenvalue weighted by molar-refractivity contribution is 0.185. The first-order valence-electron chi connectivity index (χ1n) is 6.23. The van der Waals surface area contributed by atoms with Crippen molar-refractivity contribution in [1.82, 2.24) is 10.2 Å². The standard InChI is InChI=1S/C13H22N2S/c1-11(2)15(9-12-5-6-14-8-12)10-13-4-3-7-16-13/h3-4,7,11-12,14H,5-6,8-10H2,1-2H3. The van der Waals surface area contributed by atoms with E-state index in [4.69, 9.17) is 0 Å². The third kappa shape index (κ3) is 3.30. The Kier molecular flexibility index (Phi) is 4.38. The van der Waals surface area contributed by atoms with Gasteiger partial charge < -0.3 is 5.32 Å². The Morgan fingerprint density at radius 1 is 1.56 bits per heavy atom. The van der Waals surface area contributed by atoms with Crippen molar-refractivity contribution < 1.29 is 0 Å². The molecule has 1 fully saturated rings. The fraction of sp³-hybridized carbons (Fsp3) is 0.692. The summed E-state index contributed by atoms with van der Waals surface area (Å²) >= 11 is 1.87. The Labute approximate surface area is 103 Å². The number of hydrogen-bond acceptors (Lipinski definition) is 3. The lowest BCUT2D eigenvalue weighted by atomic mass is 10.1. The molecule has 0 aliphatic carbocycles. The smallest absolute Gasteiger partial charge is 0.0330 e. The SMILES string of the molecule is CC(C)N(Cc1cccs1)CC1CCNC1. The van der Waals surface area contributed by atoms with Crippen LogP contribution in [0.15, 0.2) is 17.5 Å². The van der Waals surface area contributed by atoms with Gasteiger partial charge in [0.25, 0.3) is 0 Å². The van der Waals surface area contributed by atoms with E-state index < -0.39 is 0 Å². The molecular formula is C13H22N2S. The van der Waals surface area contributed by atoms with E-state index in [0.717, 1.165) is 12.5 Å². The summed E-state index contributed by atoms with van der Waals surface area (Å²) in [6.07, 6.45) is 1.34. The zero-order valence-corrected chi connectivity index (χ0v) is 11.1. The fourth-order valence-corrected chi connectivity index (χ4v) is 2.99. The second kappa shape index (κ2) is 5.80. The normalized spacial score (nSPS) is 21.1. The molecule has 1 N–H and O–H groups in total. The highest BCUT2D eigenvalue weighted by Gasteiger charge is 2.20. The zero-order chi connectivity index (χ0) is 11.4. The van der Waals surface area contributed by atoms with Gasteiger partial charge in [0.2, 0.25) is 0 Å². The third-order valence-electron chi connectivity index (χ3n) is 3.32. The molecule has 0 aromatic carbocycles. The maximum Gasteiger partial charge on any atom is 0.0330 e. The Morgan fingerprint density at radius 2 is 2.44 bits per heavy atom. The maximum atomic E-state index is 3.45. The molecule has 0 radical (unpaired) electrons. The molecule has 16 heavy (non-hydrogen) atoms. The molecule has 2 heterocycles. The van der Waals surface area contributed by atoms with Crippen LogP contribution < -0.4 is 5.32 Å². The molecule has 1 saturated heterocycles. The molecule has 3 heteroatoms. The molecule has 0 bridgehead atoms. The average Bonchev–Trinajstić information content (AvgIpc) is 2.88. The van der Waals surface area contributed by atoms with Crippen LogP contribution in [0.3, 0.4) is 0 Å². The van der Waals surface area contributed by atoms with E-state index in [1.165, 1.54) is 30.9 Å². The van der Waals surface area contributed by atoms with E-state index in [9.17, 15) is 0 Å². The number of nitrogens with one attached hydrogen (secondary N) is 1. The zero-order valence-electron chi connectivity index (χ0n) is 10.3. The van der Waals surface area contributed by atoms with Crippen LogP contribution in [-0.2, 0) is 6.54 Å². The second-order valence-corrected chi connectivity index (χ2v) is 5.99. The first-order valence-corrected chi connectivity index (χ1v) is 7.11. The predicted molar refractivity (Wildman–Crippen MR) is 70.8 cm³/mol. The molecule has 1 unspecified atom stereocenters. The predicted octanol–water partition coefficient (Wildman–Crippen LogP) is 2.57. The maximum absolute atomic E-state index is 3.45. The summed E-state index contributed by atoms with van der Waals surface area (Å²) in [4.78, 5) is 4.09. The Balaban J connectivity index is 1.89. The van der Waals surface area contributed by atoms with E-state index in [1.54, 1.807) is 0 Å². The average molecular weight is 238 g/mol. The molecule has 1 aromatic rings. The Morgan fingerprint density at radius 3 is 3.00 bits per heavy atom. The Hall–Kier alpha value is -0.380. The van der Waals surface area contributed by atoms with Crippen LogP contribution in [0.2, 0.25) is 0 Å². The van der Waals surface area contributed by atoms with E-state index in [-0.39, 0.29) is 0 Å². The van der Waals surface area contributed by atoms with Crippen molar-refractivity contribution in [2.45, 2.75) is 32.9 Å². The minimum absolute atomic E-state index is 0.641. The highest BCUT2D eigenvalue weighted by Crippen LogP contribution is 2.17. The summed E-state index contributed by atoms with van der Waals surface area (Å²) in [5.74, 6) is 0.849. The van der Waals surface area contributed by atoms with Crippen molar-refractivity contribution in [3.63, 3.8) is 0 Å². The molecule has 1 aliphatic rings. The van der Waals surface area contributed by atoms with Crippen LogP contribution in [0.25, 0.3) is 0 Å². The van der Waals surface area contributed by atoms with E-state index in [1.807, 2.05) is 11.3 Å². The molecule has 0 amide bonds. The monoisotopic (exact) mass is 238 g/mol. The third-order valence-corrected chi connectivity index (χ3v) is 4.19. The first-order chi connectivity index (χ1) is 7.75. The number of thiophene rings is 1. The van der Waals surface area contributed by atoms with Gasteiger partial charge in [-0.15, -0.1) is 11.3 Å². The van der Waals surface area contributed by atoms with Gasteiger partial charge in [0.1, 0.15) is 0 Å². The van der Waals surface area contributed by atoms with E-state index in [0.29, 0.717) is 6.04 Å². The van der Waals surface area contributed by atoms with Crippen molar-refractivity contribution in [3.05, 3.63) is 22.4 Å². The van der Waals surface area contributed by atoms with Gasteiger partial charge in [0.15, 0.2) is 0 Å². The van der Waals surface area contributed by atoms with Crippen molar-refractivity contribution in [2.24, 2.45) is 5.92 Å². The highest BCUT2D eigenvalue weighted by molar-refractivity contribution is 7.09. The summed E-state index contributed by atoms with van der Waals surface area (Å²) in [5.41, 5.74) is 0. The molecule has 1 atom stereocenters. The van der Waals surface area contributed by atoms with Crippen LogP contribution in [0, 0.1) is 5.92 Å². The molecule has 2 rings (SSSR count). The van der Waals surface area contributed by atoms with E-state index in [2.05, 4.69) is 41.6 Å². The van der Waals surface area contributed by atoms with Crippen LogP contribution in [-0.4, -0.2) is 30.6 Å². The van der Waals surface area contributed by atoms with Gasteiger partial charge in [-0.05, 0) is 50.7 Å². The second-order valence-electron chi connectivity index (χ2n) is 4.96. The van der Waals surface area contributed by atoms with Crippen molar-refractivity contribution in [1.29, 1.82) is 0 Å². The summed E-state index contributed by atoms with van der Waals surface area (Å²) in [7, 11) is 0. The molecule has 1 aliphatic heterocycles. The topological polar surface area (TPSA) is 15.3 Å². The molecular weight excluding hydrogens is 216 g/mol. The van der Waals surface area contributed by atoms with Crippen LogP contribution in [0.4, 0.5) is 0 Å². The first kappa shape index (κ1) is 12.1. The molecule has 1 aromatic heterocycles. The lowest BCUT2D eigenvalue weighted by Gasteiger charge is -2.28. The number of nitrogens with zero attached hydrogens (tertiary/aromatic N) is 1. The van der Waals surface area contributed by atoms with Crippen molar-refractivity contribution in [3.8, 4) is 0 Å². The Bertz CT molecular complexity index is 289. The van der Waals surface area contributed by atoms with Gasteiger partial charge in [-0.25, -0.2) is 0 Å². The van der Waals surface area contributed by atoms with Gasteiger partial charge in [-0.1, -0.05) is 6.07 Å². The number of hydrogen-bond donors (Lipinski definition) is 1. The minimum atomic E-state index is 0.641. The van der Waals surface area contributed by atoms with Crippen LogP contribution in [0.1, 0.15) is 25.1 Å². The summed E-state index contributed by atoms with van der Waals surface area (Å²) in [6, 6.07) is 5.03. The number of rotatable bonds is 5. The van der Waals surface area contributed by atoms with Gasteiger partial charge in [0.05, 0.1) is 0 Å². The minimum Gasteiger partial charge on any atom is -0.316 e. The van der Waals surface area contributed by atoms with Gasteiger partial charge in [-0.2, -0.15) is 0 Å². The van der Waals surface area contributed by atoms with E-state index >= 15 is 0 Å². The van der Waals surface area contributed by atoms with Gasteiger partial charge >= 0.3 is 0 Å². The molecule has 2 nitrogen and oxygen atoms in total. The quantitative estimate of drug-likeness (QED) is 0.848. The largest absolute Gasteiger partial charge is 0.316 e. The van der Waals surface area contributed by atoms with Crippen molar-refractivity contribution >= 4 is 11.3 Å². The molecule has 90 valence electrons. The lowest BCUT2D eigenvalue weighted by Crippen LogP contribution is -2.35. The van der Waals surface area contributed by atoms with Gasteiger partial charge in [-0.3, -0.25) is 4.90 Å². The summed E-state index contributed by atoms with van der Waals surface area (Å²) in [5, 5.41) is 5.62.